The van der Waals surface area contributed by atoms with E-state index in [1.54, 1.807) is 0 Å². The van der Waals surface area contributed by atoms with Crippen LogP contribution in [0.25, 0.3) is 54.1 Å². The second-order valence-electron chi connectivity index (χ2n) is 10.8. The molecule has 3 heteroatoms. The first kappa shape index (κ1) is 21.4. The number of pyridine rings is 1. The monoisotopic (exact) mass is 463 g/mol. The molecule has 0 atom stereocenters. The summed E-state index contributed by atoms with van der Waals surface area (Å²) < 4.78 is 7.88. The fourth-order valence-electron chi connectivity index (χ4n) is 5.25. The van der Waals surface area contributed by atoms with Crippen molar-refractivity contribution in [1.29, 1.82) is 0 Å². The van der Waals surface area contributed by atoms with E-state index in [2.05, 4.69) is 94.6 Å². The zero-order valence-electron chi connectivity index (χ0n) is 20.4. The Morgan fingerprint density at radius 3 is 2.56 bits per heavy atom. The molecule has 0 spiro atoms. The molecule has 3 aromatic carbocycles. The van der Waals surface area contributed by atoms with E-state index < -0.39 is 0 Å². The molecular weight excluding hydrogens is 434 g/mol. The molecule has 0 saturated heterocycles. The van der Waals surface area contributed by atoms with E-state index in [0.29, 0.717) is 5.92 Å². The smallest absolute Gasteiger partial charge is 0.161 e. The molecule has 6 rings (SSSR count). The molecule has 0 aliphatic heterocycles. The molecule has 0 radical (unpaired) electrons. The Balaban J connectivity index is 1.67. The van der Waals surface area contributed by atoms with Gasteiger partial charge in [-0.15, -0.1) is 11.3 Å². The molecule has 3 heterocycles. The molecule has 0 fully saturated rings. The van der Waals surface area contributed by atoms with E-state index in [4.69, 9.17) is 9.40 Å². The van der Waals surface area contributed by atoms with Gasteiger partial charge in [0, 0.05) is 32.6 Å². The quantitative estimate of drug-likeness (QED) is 0.261. The standard InChI is InChI=1S/C31H29NOS/c1-18(2)14-21-17-34-26-11-10-25-28(27(21)26)23-12-13-32-29(30(23)33-25)20-15-19-8-6-7-9-22(19)24(16-20)31(3,4)5/h6-13,15-18H,14H2,1-5H3. The van der Waals surface area contributed by atoms with Crippen molar-refractivity contribution in [2.75, 3.05) is 0 Å². The van der Waals surface area contributed by atoms with Gasteiger partial charge in [0.1, 0.15) is 11.3 Å². The molecule has 34 heavy (non-hydrogen) atoms. The molecule has 0 unspecified atom stereocenters. The van der Waals surface area contributed by atoms with Gasteiger partial charge < -0.3 is 4.42 Å². The van der Waals surface area contributed by atoms with Crippen LogP contribution in [0.1, 0.15) is 45.7 Å². The minimum Gasteiger partial charge on any atom is -0.454 e. The molecule has 2 nitrogen and oxygen atoms in total. The maximum absolute atomic E-state index is 6.56. The Bertz CT molecular complexity index is 1690. The number of benzene rings is 3. The largest absolute Gasteiger partial charge is 0.454 e. The summed E-state index contributed by atoms with van der Waals surface area (Å²) in [6, 6.07) is 19.7. The van der Waals surface area contributed by atoms with Crippen molar-refractivity contribution >= 4 is 54.1 Å². The van der Waals surface area contributed by atoms with Crippen molar-refractivity contribution in [2.24, 2.45) is 5.92 Å². The third-order valence-corrected chi connectivity index (χ3v) is 7.73. The van der Waals surface area contributed by atoms with E-state index >= 15 is 0 Å². The predicted molar refractivity (Wildman–Crippen MR) is 147 cm³/mol. The molecule has 170 valence electrons. The summed E-state index contributed by atoms with van der Waals surface area (Å²) in [5, 5.41) is 8.59. The van der Waals surface area contributed by atoms with Crippen LogP contribution < -0.4 is 0 Å². The lowest BCUT2D eigenvalue weighted by Crippen LogP contribution is -2.12. The lowest BCUT2D eigenvalue weighted by molar-refractivity contribution is 0.596. The summed E-state index contributed by atoms with van der Waals surface area (Å²) in [6.07, 6.45) is 3.01. The highest BCUT2D eigenvalue weighted by atomic mass is 32.1. The van der Waals surface area contributed by atoms with Gasteiger partial charge in [-0.2, -0.15) is 0 Å². The van der Waals surface area contributed by atoms with Gasteiger partial charge in [-0.05, 0) is 75.4 Å². The van der Waals surface area contributed by atoms with Gasteiger partial charge in [0.15, 0.2) is 5.58 Å². The van der Waals surface area contributed by atoms with E-state index in [9.17, 15) is 0 Å². The minimum atomic E-state index is 0.0198. The van der Waals surface area contributed by atoms with Gasteiger partial charge in [-0.1, -0.05) is 58.9 Å². The van der Waals surface area contributed by atoms with Gasteiger partial charge in [-0.25, -0.2) is 0 Å². The average molecular weight is 464 g/mol. The maximum atomic E-state index is 6.56. The minimum absolute atomic E-state index is 0.0198. The molecule has 0 aliphatic rings. The normalized spacial score (nSPS) is 12.6. The van der Waals surface area contributed by atoms with Crippen LogP contribution in [-0.2, 0) is 11.8 Å². The number of rotatable bonds is 3. The highest BCUT2D eigenvalue weighted by Gasteiger charge is 2.22. The fraction of sp³-hybridized carbons (Fsp3) is 0.258. The van der Waals surface area contributed by atoms with Gasteiger partial charge in [0.2, 0.25) is 0 Å². The first-order valence-electron chi connectivity index (χ1n) is 12.0. The fourth-order valence-corrected chi connectivity index (χ4v) is 6.23. The number of thiophene rings is 1. The van der Waals surface area contributed by atoms with Gasteiger partial charge in [0.05, 0.1) is 0 Å². The van der Waals surface area contributed by atoms with Crippen LogP contribution >= 0.6 is 11.3 Å². The van der Waals surface area contributed by atoms with Crippen molar-refractivity contribution in [3.05, 3.63) is 77.3 Å². The Morgan fingerprint density at radius 1 is 0.941 bits per heavy atom. The number of nitrogens with zero attached hydrogens (tertiary/aromatic N) is 1. The van der Waals surface area contributed by atoms with Gasteiger partial charge in [0.25, 0.3) is 0 Å². The van der Waals surface area contributed by atoms with Crippen molar-refractivity contribution < 1.29 is 4.42 Å². The summed E-state index contributed by atoms with van der Waals surface area (Å²) in [7, 11) is 0. The van der Waals surface area contributed by atoms with Crippen LogP contribution in [0.2, 0.25) is 0 Å². The molecule has 0 saturated carbocycles. The molecular formula is C31H29NOS. The zero-order chi connectivity index (χ0) is 23.6. The third-order valence-electron chi connectivity index (χ3n) is 6.74. The molecule has 0 N–H and O–H groups in total. The maximum Gasteiger partial charge on any atom is 0.161 e. The summed E-state index contributed by atoms with van der Waals surface area (Å²) >= 11 is 1.83. The van der Waals surface area contributed by atoms with Crippen LogP contribution in [0, 0.1) is 5.92 Å². The summed E-state index contributed by atoms with van der Waals surface area (Å²) in [4.78, 5) is 4.85. The van der Waals surface area contributed by atoms with Crippen LogP contribution in [-0.4, -0.2) is 4.98 Å². The number of hydrogen-bond donors (Lipinski definition) is 0. The Kier molecular flexibility index (Phi) is 4.82. The van der Waals surface area contributed by atoms with Crippen molar-refractivity contribution in [3.63, 3.8) is 0 Å². The number of fused-ring (bicyclic) bond motifs is 6. The van der Waals surface area contributed by atoms with Crippen LogP contribution in [0.3, 0.4) is 0 Å². The summed E-state index contributed by atoms with van der Waals surface area (Å²) in [5.74, 6) is 0.608. The molecule has 0 bridgehead atoms. The van der Waals surface area contributed by atoms with E-state index in [1.807, 2.05) is 17.5 Å². The zero-order valence-corrected chi connectivity index (χ0v) is 21.2. The molecule has 6 aromatic rings. The van der Waals surface area contributed by atoms with E-state index in [1.165, 1.54) is 37.4 Å². The van der Waals surface area contributed by atoms with Crippen LogP contribution in [0.5, 0.6) is 0 Å². The topological polar surface area (TPSA) is 26.0 Å². The van der Waals surface area contributed by atoms with Crippen molar-refractivity contribution in [3.8, 4) is 11.3 Å². The first-order chi connectivity index (χ1) is 16.3. The Hall–Kier alpha value is -3.17. The Morgan fingerprint density at radius 2 is 1.76 bits per heavy atom. The predicted octanol–water partition coefficient (Wildman–Crippen LogP) is 9.51. The molecule has 0 aliphatic carbocycles. The number of hydrogen-bond acceptors (Lipinski definition) is 3. The average Bonchev–Trinajstić information content (AvgIpc) is 3.38. The molecule has 3 aromatic heterocycles. The SMILES string of the molecule is CC(C)Cc1csc2ccc3oc4c(-c5cc(C(C)(C)C)c6ccccc6c5)nccc4c3c12. The lowest BCUT2D eigenvalue weighted by Gasteiger charge is -2.22. The second-order valence-corrected chi connectivity index (χ2v) is 11.7. The first-order valence-corrected chi connectivity index (χ1v) is 12.9. The van der Waals surface area contributed by atoms with Crippen molar-refractivity contribution in [1.82, 2.24) is 4.98 Å². The number of aromatic nitrogens is 1. The van der Waals surface area contributed by atoms with Crippen LogP contribution in [0.4, 0.5) is 0 Å². The third kappa shape index (κ3) is 3.33. The Labute approximate surface area is 204 Å². The second kappa shape index (κ2) is 7.68. The van der Waals surface area contributed by atoms with E-state index in [0.717, 1.165) is 34.2 Å². The summed E-state index contributed by atoms with van der Waals surface area (Å²) in [6.45, 7) is 11.4. The lowest BCUT2D eigenvalue weighted by atomic mass is 9.82. The molecule has 0 amide bonds. The van der Waals surface area contributed by atoms with Crippen LogP contribution in [0.15, 0.2) is 70.6 Å². The van der Waals surface area contributed by atoms with Gasteiger partial charge >= 0.3 is 0 Å². The van der Waals surface area contributed by atoms with E-state index in [-0.39, 0.29) is 5.41 Å². The highest BCUT2D eigenvalue weighted by Crippen LogP contribution is 2.43. The summed E-state index contributed by atoms with van der Waals surface area (Å²) in [5.41, 5.74) is 6.61. The highest BCUT2D eigenvalue weighted by molar-refractivity contribution is 7.17. The van der Waals surface area contributed by atoms with Gasteiger partial charge in [-0.3, -0.25) is 4.98 Å². The number of furan rings is 1. The van der Waals surface area contributed by atoms with Crippen molar-refractivity contribution in [2.45, 2.75) is 46.5 Å².